The van der Waals surface area contributed by atoms with E-state index in [1.807, 2.05) is 16.9 Å². The first kappa shape index (κ1) is 11.2. The quantitative estimate of drug-likeness (QED) is 0.834. The Hall–Kier alpha value is -0.870. The fourth-order valence-electron chi connectivity index (χ4n) is 2.14. The minimum atomic E-state index is -0.472. The number of benzene rings is 1. The van der Waals surface area contributed by atoms with Crippen molar-refractivity contribution < 1.29 is 4.79 Å². The van der Waals surface area contributed by atoms with E-state index in [0.717, 1.165) is 11.3 Å². The van der Waals surface area contributed by atoms with Gasteiger partial charge in [-0.05, 0) is 28.4 Å². The average Bonchev–Trinajstić information content (AvgIpc) is 2.88. The summed E-state index contributed by atoms with van der Waals surface area (Å²) in [7, 11) is 0. The van der Waals surface area contributed by atoms with E-state index in [1.165, 1.54) is 5.56 Å². The molecule has 2 aliphatic heterocycles. The van der Waals surface area contributed by atoms with Crippen molar-refractivity contribution in [1.82, 2.24) is 0 Å². The van der Waals surface area contributed by atoms with Crippen molar-refractivity contribution >= 4 is 35.1 Å². The highest BCUT2D eigenvalue weighted by atomic mass is 32.2. The maximum absolute atomic E-state index is 12.1. The van der Waals surface area contributed by atoms with Crippen LogP contribution in [-0.2, 0) is 8.87 Å². The van der Waals surface area contributed by atoms with Crippen LogP contribution < -0.4 is 5.32 Å². The van der Waals surface area contributed by atoms with E-state index < -0.39 is 4.08 Å². The molecule has 3 rings (SSSR count). The molecular formula is C13H13NOS2. The number of fused-ring (bicyclic) bond motifs is 2. The summed E-state index contributed by atoms with van der Waals surface area (Å²) in [4.78, 5) is 12.1. The van der Waals surface area contributed by atoms with Gasteiger partial charge in [0, 0.05) is 11.3 Å². The van der Waals surface area contributed by atoms with Crippen LogP contribution in [0.2, 0.25) is 0 Å². The van der Waals surface area contributed by atoms with Gasteiger partial charge in [-0.15, -0.1) is 23.5 Å². The fraction of sp³-hybridized carbons (Fsp3) is 0.308. The van der Waals surface area contributed by atoms with E-state index in [0.29, 0.717) is 5.92 Å². The molecule has 0 unspecified atom stereocenters. The van der Waals surface area contributed by atoms with Crippen molar-refractivity contribution in [2.24, 2.45) is 0 Å². The van der Waals surface area contributed by atoms with Crippen LogP contribution in [0.3, 0.4) is 0 Å². The lowest BCUT2D eigenvalue weighted by Crippen LogP contribution is -2.24. The van der Waals surface area contributed by atoms with Gasteiger partial charge in [-0.1, -0.05) is 26.0 Å². The molecule has 0 radical (unpaired) electrons. The van der Waals surface area contributed by atoms with Gasteiger partial charge in [0.25, 0.3) is 5.91 Å². The van der Waals surface area contributed by atoms with Crippen LogP contribution in [-0.4, -0.2) is 5.91 Å². The Kier molecular flexibility index (Phi) is 2.52. The molecule has 1 N–H and O–H groups in total. The first-order chi connectivity index (χ1) is 8.13. The van der Waals surface area contributed by atoms with E-state index in [1.54, 1.807) is 23.5 Å². The van der Waals surface area contributed by atoms with Gasteiger partial charge < -0.3 is 5.32 Å². The van der Waals surface area contributed by atoms with Crippen molar-refractivity contribution in [3.63, 3.8) is 0 Å². The van der Waals surface area contributed by atoms with Gasteiger partial charge in [0.2, 0.25) is 0 Å². The standard InChI is InChI=1S/C13H13NOS2/c1-8(2)9-3-4-11-10(7-9)13(12(15)14-11)16-5-6-17-13/h3-8H,1-2H3,(H,14,15). The first-order valence-electron chi connectivity index (χ1n) is 5.60. The second-order valence-electron chi connectivity index (χ2n) is 4.54. The number of thioether (sulfide) groups is 2. The zero-order chi connectivity index (χ0) is 12.0. The van der Waals surface area contributed by atoms with E-state index in [-0.39, 0.29) is 5.91 Å². The number of nitrogens with one attached hydrogen (secondary N) is 1. The Morgan fingerprint density at radius 3 is 2.59 bits per heavy atom. The molecule has 1 amide bonds. The van der Waals surface area contributed by atoms with Gasteiger partial charge in [-0.3, -0.25) is 4.79 Å². The number of anilines is 1. The summed E-state index contributed by atoms with van der Waals surface area (Å²) in [5.41, 5.74) is 3.37. The SMILES string of the molecule is CC(C)c1ccc2c(c1)C1(SC=CS1)C(=O)N2. The number of carbonyl (C=O) groups excluding carboxylic acids is 1. The molecule has 2 aliphatic rings. The van der Waals surface area contributed by atoms with Crippen LogP contribution >= 0.6 is 23.5 Å². The molecule has 88 valence electrons. The summed E-state index contributed by atoms with van der Waals surface area (Å²) in [5, 5.41) is 6.98. The Morgan fingerprint density at radius 2 is 1.94 bits per heavy atom. The second kappa shape index (κ2) is 3.82. The van der Waals surface area contributed by atoms with E-state index in [2.05, 4.69) is 31.3 Å². The van der Waals surface area contributed by atoms with Crippen LogP contribution in [0.4, 0.5) is 5.69 Å². The molecule has 2 nitrogen and oxygen atoms in total. The molecule has 1 spiro atoms. The number of rotatable bonds is 1. The maximum Gasteiger partial charge on any atom is 0.256 e. The third kappa shape index (κ3) is 1.54. The Balaban J connectivity index is 2.13. The Morgan fingerprint density at radius 1 is 1.24 bits per heavy atom. The molecule has 0 saturated carbocycles. The molecular weight excluding hydrogens is 250 g/mol. The number of hydrogen-bond donors (Lipinski definition) is 1. The van der Waals surface area contributed by atoms with Crippen molar-refractivity contribution in [3.8, 4) is 0 Å². The molecule has 4 heteroatoms. The normalized spacial score (nSPS) is 20.1. The molecule has 0 fully saturated rings. The van der Waals surface area contributed by atoms with E-state index in [4.69, 9.17) is 0 Å². The Labute approximate surface area is 109 Å². The summed E-state index contributed by atoms with van der Waals surface area (Å²) < 4.78 is -0.472. The monoisotopic (exact) mass is 263 g/mol. The molecule has 1 aromatic rings. The Bertz CT molecular complexity index is 514. The van der Waals surface area contributed by atoms with Gasteiger partial charge in [0.15, 0.2) is 4.08 Å². The van der Waals surface area contributed by atoms with Gasteiger partial charge in [0.1, 0.15) is 0 Å². The minimum absolute atomic E-state index is 0.0911. The zero-order valence-corrected chi connectivity index (χ0v) is 11.3. The summed E-state index contributed by atoms with van der Waals surface area (Å²) >= 11 is 3.19. The lowest BCUT2D eigenvalue weighted by molar-refractivity contribution is -0.116. The summed E-state index contributed by atoms with van der Waals surface area (Å²) in [6.45, 7) is 4.34. The highest BCUT2D eigenvalue weighted by Crippen LogP contribution is 2.58. The summed E-state index contributed by atoms with van der Waals surface area (Å²) in [6.07, 6.45) is 0. The molecule has 0 saturated heterocycles. The molecule has 1 aromatic carbocycles. The predicted octanol–water partition coefficient (Wildman–Crippen LogP) is 3.87. The van der Waals surface area contributed by atoms with Gasteiger partial charge >= 0.3 is 0 Å². The molecule has 0 aliphatic carbocycles. The van der Waals surface area contributed by atoms with Gasteiger partial charge in [-0.25, -0.2) is 0 Å². The highest BCUT2D eigenvalue weighted by Gasteiger charge is 2.49. The first-order valence-corrected chi connectivity index (χ1v) is 7.36. The van der Waals surface area contributed by atoms with Crippen molar-refractivity contribution in [2.45, 2.75) is 23.8 Å². The van der Waals surface area contributed by atoms with E-state index >= 15 is 0 Å². The zero-order valence-electron chi connectivity index (χ0n) is 9.69. The van der Waals surface area contributed by atoms with Crippen LogP contribution in [0.1, 0.15) is 30.9 Å². The minimum Gasteiger partial charge on any atom is -0.323 e. The van der Waals surface area contributed by atoms with Crippen LogP contribution in [0.5, 0.6) is 0 Å². The van der Waals surface area contributed by atoms with Crippen molar-refractivity contribution in [3.05, 3.63) is 40.1 Å². The van der Waals surface area contributed by atoms with Crippen LogP contribution in [0.15, 0.2) is 29.0 Å². The van der Waals surface area contributed by atoms with Crippen molar-refractivity contribution in [2.75, 3.05) is 5.32 Å². The maximum atomic E-state index is 12.1. The summed E-state index contributed by atoms with van der Waals surface area (Å²) in [6, 6.07) is 6.29. The van der Waals surface area contributed by atoms with Crippen LogP contribution in [0, 0.1) is 0 Å². The lowest BCUT2D eigenvalue weighted by Gasteiger charge is -2.19. The number of amides is 1. The fourth-order valence-corrected chi connectivity index (χ4v) is 4.43. The van der Waals surface area contributed by atoms with E-state index in [9.17, 15) is 4.79 Å². The van der Waals surface area contributed by atoms with Crippen LogP contribution in [0.25, 0.3) is 0 Å². The molecule has 0 atom stereocenters. The second-order valence-corrected chi connectivity index (χ2v) is 7.04. The third-order valence-corrected chi connectivity index (χ3v) is 5.90. The largest absolute Gasteiger partial charge is 0.323 e. The molecule has 2 heterocycles. The van der Waals surface area contributed by atoms with Gasteiger partial charge in [-0.2, -0.15) is 0 Å². The van der Waals surface area contributed by atoms with Gasteiger partial charge in [0.05, 0.1) is 0 Å². The summed E-state index contributed by atoms with van der Waals surface area (Å²) in [5.74, 6) is 0.575. The highest BCUT2D eigenvalue weighted by molar-refractivity contribution is 8.24. The third-order valence-electron chi connectivity index (χ3n) is 3.14. The topological polar surface area (TPSA) is 29.1 Å². The molecule has 17 heavy (non-hydrogen) atoms. The number of hydrogen-bond acceptors (Lipinski definition) is 3. The molecule has 0 aromatic heterocycles. The lowest BCUT2D eigenvalue weighted by atomic mass is 9.99. The van der Waals surface area contributed by atoms with Crippen molar-refractivity contribution in [1.29, 1.82) is 0 Å². The number of carbonyl (C=O) groups is 1. The molecule has 0 bridgehead atoms. The smallest absolute Gasteiger partial charge is 0.256 e. The average molecular weight is 263 g/mol. The predicted molar refractivity (Wildman–Crippen MR) is 75.2 cm³/mol.